The second-order valence-electron chi connectivity index (χ2n) is 16.0. The van der Waals surface area contributed by atoms with Crippen LogP contribution in [0.3, 0.4) is 0 Å². The zero-order valence-electron chi connectivity index (χ0n) is 25.9. The Morgan fingerprint density at radius 1 is 0.875 bits per heavy atom. The predicted molar refractivity (Wildman–Crippen MR) is 161 cm³/mol. The summed E-state index contributed by atoms with van der Waals surface area (Å²) in [7, 11) is 0. The number of ketones is 1. The molecule has 6 rings (SSSR count). The molecule has 2 N–H and O–H groups in total. The maximum absolute atomic E-state index is 14.2. The van der Waals surface area contributed by atoms with Crippen molar-refractivity contribution in [3.8, 4) is 0 Å². The number of anilines is 1. The van der Waals surface area contributed by atoms with Gasteiger partial charge in [-0.1, -0.05) is 66.7 Å². The van der Waals surface area contributed by atoms with E-state index >= 15 is 0 Å². The summed E-state index contributed by atoms with van der Waals surface area (Å²) in [6.07, 6.45) is 8.38. The van der Waals surface area contributed by atoms with Crippen molar-refractivity contribution in [2.75, 3.05) is 5.32 Å². The van der Waals surface area contributed by atoms with E-state index in [1.807, 2.05) is 30.3 Å². The summed E-state index contributed by atoms with van der Waals surface area (Å²) < 4.78 is 0. The number of amides is 1. The maximum Gasteiger partial charge on any atom is 0.235 e. The molecule has 1 aromatic rings. The Morgan fingerprint density at radius 2 is 1.57 bits per heavy atom. The van der Waals surface area contributed by atoms with Crippen LogP contribution in [0.4, 0.5) is 5.69 Å². The number of aliphatic hydroxyl groups is 1. The molecule has 1 amide bonds. The lowest BCUT2D eigenvalue weighted by molar-refractivity contribution is -0.228. The van der Waals surface area contributed by atoms with Crippen molar-refractivity contribution in [3.63, 3.8) is 0 Å². The highest BCUT2D eigenvalue weighted by atomic mass is 16.3. The molecule has 0 radical (unpaired) electrons. The number of carbonyl (C=O) groups is 2. The zero-order valence-corrected chi connectivity index (χ0v) is 25.9. The highest BCUT2D eigenvalue weighted by Crippen LogP contribution is 2.76. The van der Waals surface area contributed by atoms with Crippen LogP contribution >= 0.6 is 0 Å². The number of Topliss-reactive ketones (excluding diaryl/α,β-unsaturated/α-hetero) is 1. The zero-order chi connectivity index (χ0) is 28.9. The molecule has 3 unspecified atom stereocenters. The van der Waals surface area contributed by atoms with Gasteiger partial charge in [-0.3, -0.25) is 9.59 Å². The normalized spacial score (nSPS) is 44.0. The first-order chi connectivity index (χ1) is 18.7. The van der Waals surface area contributed by atoms with Gasteiger partial charge < -0.3 is 10.4 Å². The quantitative estimate of drug-likeness (QED) is 0.405. The van der Waals surface area contributed by atoms with E-state index in [0.717, 1.165) is 56.2 Å². The third-order valence-corrected chi connectivity index (χ3v) is 13.9. The summed E-state index contributed by atoms with van der Waals surface area (Å²) >= 11 is 0. The number of benzene rings is 1. The molecule has 1 aromatic carbocycles. The number of nitrogens with one attached hydrogen (secondary N) is 1. The van der Waals surface area contributed by atoms with E-state index in [9.17, 15) is 14.7 Å². The summed E-state index contributed by atoms with van der Waals surface area (Å²) in [6, 6.07) is 9.75. The molecule has 4 fully saturated rings. The Morgan fingerprint density at radius 3 is 2.25 bits per heavy atom. The monoisotopic (exact) mass is 545 g/mol. The maximum atomic E-state index is 14.2. The Balaban J connectivity index is 1.42. The average molecular weight is 546 g/mol. The molecule has 4 saturated carbocycles. The third kappa shape index (κ3) is 3.53. The van der Waals surface area contributed by atoms with Gasteiger partial charge in [0.1, 0.15) is 0 Å². The van der Waals surface area contributed by atoms with Gasteiger partial charge in [0.2, 0.25) is 5.91 Å². The van der Waals surface area contributed by atoms with Crippen molar-refractivity contribution in [1.29, 1.82) is 0 Å². The summed E-state index contributed by atoms with van der Waals surface area (Å²) in [5.41, 5.74) is 2.59. The van der Waals surface area contributed by atoms with Crippen LogP contribution in [0.1, 0.15) is 106 Å². The summed E-state index contributed by atoms with van der Waals surface area (Å²) in [6.45, 7) is 16.6. The largest absolute Gasteiger partial charge is 0.393 e. The summed E-state index contributed by atoms with van der Waals surface area (Å²) in [5, 5.41) is 14.2. The first-order valence-corrected chi connectivity index (χ1v) is 16.0. The molecular weight excluding hydrogens is 494 g/mol. The lowest BCUT2D eigenvalue weighted by atomic mass is 9.33. The molecule has 5 aliphatic carbocycles. The second-order valence-corrected chi connectivity index (χ2v) is 16.0. The molecular formula is C36H51NO3. The van der Waals surface area contributed by atoms with Crippen LogP contribution in [0.2, 0.25) is 0 Å². The number of allylic oxidation sites excluding steroid dienone is 1. The van der Waals surface area contributed by atoms with E-state index in [1.165, 1.54) is 12.0 Å². The minimum Gasteiger partial charge on any atom is -0.393 e. The topological polar surface area (TPSA) is 66.4 Å². The fourth-order valence-corrected chi connectivity index (χ4v) is 11.7. The standard InChI is InChI=1S/C36H51NO3/c1-22(2)29-25(38)21-36(31(40)37-23-11-9-8-10-12-23)20-19-34(6)24(30(29)36)13-14-27-33(5)17-16-28(39)32(3,4)26(33)15-18-35(27,34)7/h8-12,22,24,26-28,39H,13-21H2,1-7H3,(H,37,40)/t24?,26?,27?,28-,33-,34+,35+,36+/m0/s1. The molecule has 5 aliphatic rings. The number of hydrogen-bond donors (Lipinski definition) is 2. The van der Waals surface area contributed by atoms with Crippen LogP contribution in [-0.4, -0.2) is 22.9 Å². The van der Waals surface area contributed by atoms with Gasteiger partial charge >= 0.3 is 0 Å². The SMILES string of the molecule is CC(C)C1=C2C3CCC4[C@@]5(C)CC[C@H](O)C(C)(C)C5CC[C@@]4(C)[C@]3(C)CC[C@@]2(C(=O)Nc2ccccc2)CC1=O. The Kier molecular flexibility index (Phi) is 6.36. The third-order valence-electron chi connectivity index (χ3n) is 13.9. The van der Waals surface area contributed by atoms with Gasteiger partial charge in [-0.05, 0) is 120 Å². The van der Waals surface area contributed by atoms with E-state index < -0.39 is 5.41 Å². The fourth-order valence-electron chi connectivity index (χ4n) is 11.7. The van der Waals surface area contributed by atoms with E-state index in [1.54, 1.807) is 0 Å². The van der Waals surface area contributed by atoms with Crippen LogP contribution in [-0.2, 0) is 9.59 Å². The minimum atomic E-state index is -0.724. The lowest BCUT2D eigenvalue weighted by Crippen LogP contribution is -2.66. The van der Waals surface area contributed by atoms with E-state index in [2.05, 4.69) is 53.8 Å². The molecule has 0 aliphatic heterocycles. The van der Waals surface area contributed by atoms with Crippen molar-refractivity contribution in [1.82, 2.24) is 0 Å². The van der Waals surface area contributed by atoms with E-state index in [-0.39, 0.29) is 51.3 Å². The molecule has 0 aromatic heterocycles. The highest BCUT2D eigenvalue weighted by molar-refractivity contribution is 6.09. The molecule has 8 atom stereocenters. The van der Waals surface area contributed by atoms with Crippen molar-refractivity contribution in [2.45, 2.75) is 112 Å². The van der Waals surface area contributed by atoms with Crippen LogP contribution in [0, 0.1) is 50.7 Å². The number of carbonyl (C=O) groups excluding carboxylic acids is 2. The van der Waals surface area contributed by atoms with E-state index in [0.29, 0.717) is 18.3 Å². The smallest absolute Gasteiger partial charge is 0.235 e. The van der Waals surface area contributed by atoms with Crippen LogP contribution in [0.15, 0.2) is 41.5 Å². The van der Waals surface area contributed by atoms with E-state index in [4.69, 9.17) is 0 Å². The first kappa shape index (κ1) is 28.2. The van der Waals surface area contributed by atoms with Crippen molar-refractivity contribution in [2.24, 2.45) is 50.7 Å². The average Bonchev–Trinajstić information content (AvgIpc) is 3.21. The molecule has 4 nitrogen and oxygen atoms in total. The van der Waals surface area contributed by atoms with Gasteiger partial charge in [-0.25, -0.2) is 0 Å². The Hall–Kier alpha value is -1.94. The lowest BCUT2D eigenvalue weighted by Gasteiger charge is -2.72. The molecule has 0 bridgehead atoms. The molecule has 4 heteroatoms. The van der Waals surface area contributed by atoms with Gasteiger partial charge in [0.05, 0.1) is 11.5 Å². The summed E-state index contributed by atoms with van der Waals surface area (Å²) in [4.78, 5) is 28.0. The number of aliphatic hydroxyl groups excluding tert-OH is 1. The number of fused-ring (bicyclic) bond motifs is 7. The molecule has 0 spiro atoms. The predicted octanol–water partition coefficient (Wildman–Crippen LogP) is 7.97. The number of hydrogen-bond acceptors (Lipinski definition) is 3. The number of rotatable bonds is 3. The van der Waals surface area contributed by atoms with Gasteiger partial charge in [0.15, 0.2) is 5.78 Å². The Bertz CT molecular complexity index is 1250. The van der Waals surface area contributed by atoms with Gasteiger partial charge in [-0.15, -0.1) is 0 Å². The van der Waals surface area contributed by atoms with Gasteiger partial charge in [0.25, 0.3) is 0 Å². The molecule has 40 heavy (non-hydrogen) atoms. The molecule has 218 valence electrons. The van der Waals surface area contributed by atoms with Crippen LogP contribution in [0.25, 0.3) is 0 Å². The van der Waals surface area contributed by atoms with Crippen LogP contribution < -0.4 is 5.32 Å². The van der Waals surface area contributed by atoms with Crippen molar-refractivity contribution < 1.29 is 14.7 Å². The Labute approximate surface area is 241 Å². The second kappa shape index (κ2) is 9.03. The minimum absolute atomic E-state index is 0.0192. The molecule has 0 heterocycles. The van der Waals surface area contributed by atoms with Crippen molar-refractivity contribution in [3.05, 3.63) is 41.5 Å². The van der Waals surface area contributed by atoms with Crippen LogP contribution in [0.5, 0.6) is 0 Å². The number of para-hydroxylation sites is 1. The fraction of sp³-hybridized carbons (Fsp3) is 0.722. The first-order valence-electron chi connectivity index (χ1n) is 16.0. The summed E-state index contributed by atoms with van der Waals surface area (Å²) in [5.74, 6) is 1.72. The highest BCUT2D eigenvalue weighted by Gasteiger charge is 2.70. The molecule has 0 saturated heterocycles. The van der Waals surface area contributed by atoms with Gasteiger partial charge in [-0.2, -0.15) is 0 Å². The van der Waals surface area contributed by atoms with Crippen molar-refractivity contribution >= 4 is 17.4 Å². The van der Waals surface area contributed by atoms with Gasteiger partial charge in [0, 0.05) is 12.1 Å².